The van der Waals surface area contributed by atoms with Gasteiger partial charge in [0.1, 0.15) is 12.2 Å². The van der Waals surface area contributed by atoms with Crippen LogP contribution in [-0.2, 0) is 46.0 Å². The molecule has 31 heavy (non-hydrogen) atoms. The van der Waals surface area contributed by atoms with E-state index in [0.29, 0.717) is 0 Å². The van der Waals surface area contributed by atoms with Crippen molar-refractivity contribution < 1.29 is 42.6 Å². The van der Waals surface area contributed by atoms with Crippen molar-refractivity contribution in [3.63, 3.8) is 0 Å². The zero-order valence-electron chi connectivity index (χ0n) is 16.9. The number of carbonyl (C=O) groups excluding carboxylic acids is 1. The third-order valence-electron chi connectivity index (χ3n) is 4.52. The number of carbonyl (C=O) groups is 1. The first kappa shape index (κ1) is 23.6. The highest BCUT2D eigenvalue weighted by Gasteiger charge is 2.49. The monoisotopic (exact) mass is 452 g/mol. The molecule has 1 saturated heterocycles. The van der Waals surface area contributed by atoms with Crippen molar-refractivity contribution in [3.05, 3.63) is 71.8 Å². The maximum absolute atomic E-state index is 11.7. The van der Waals surface area contributed by atoms with Crippen LogP contribution in [0.1, 0.15) is 18.1 Å². The number of hydrogen-bond donors (Lipinski definition) is 2. The third-order valence-corrected chi connectivity index (χ3v) is 5.00. The second-order valence-electron chi connectivity index (χ2n) is 6.96. The van der Waals surface area contributed by atoms with Crippen LogP contribution in [0.3, 0.4) is 0 Å². The summed E-state index contributed by atoms with van der Waals surface area (Å²) in [5, 5.41) is 0. The Bertz CT molecular complexity index is 871. The van der Waals surface area contributed by atoms with Gasteiger partial charge in [0.25, 0.3) is 0 Å². The lowest BCUT2D eigenvalue weighted by atomic mass is 10.1. The smallest absolute Gasteiger partial charge is 0.454 e. The van der Waals surface area contributed by atoms with Crippen LogP contribution in [0.15, 0.2) is 60.7 Å². The maximum atomic E-state index is 11.7. The van der Waals surface area contributed by atoms with E-state index < -0.39 is 45.0 Å². The van der Waals surface area contributed by atoms with Crippen molar-refractivity contribution >= 4 is 13.8 Å². The molecule has 0 aromatic heterocycles. The summed E-state index contributed by atoms with van der Waals surface area (Å²) < 4.78 is 38.8. The predicted octanol–water partition coefficient (Wildman–Crippen LogP) is 2.55. The average molecular weight is 452 g/mol. The van der Waals surface area contributed by atoms with E-state index in [9.17, 15) is 9.36 Å². The van der Waals surface area contributed by atoms with Crippen LogP contribution in [0.25, 0.3) is 0 Å². The number of benzene rings is 2. The Morgan fingerprint density at radius 1 is 0.935 bits per heavy atom. The quantitative estimate of drug-likeness (QED) is 0.414. The van der Waals surface area contributed by atoms with Crippen LogP contribution in [-0.4, -0.2) is 47.0 Å². The molecule has 0 aliphatic carbocycles. The van der Waals surface area contributed by atoms with Gasteiger partial charge in [-0.25, -0.2) is 4.57 Å². The number of phosphoric ester groups is 1. The topological polar surface area (TPSA) is 121 Å². The fourth-order valence-corrected chi connectivity index (χ4v) is 3.51. The fourth-order valence-electron chi connectivity index (χ4n) is 3.17. The summed E-state index contributed by atoms with van der Waals surface area (Å²) >= 11 is 0. The Morgan fingerprint density at radius 2 is 1.48 bits per heavy atom. The maximum Gasteiger partial charge on any atom is 0.469 e. The highest BCUT2D eigenvalue weighted by molar-refractivity contribution is 7.46. The minimum absolute atomic E-state index is 0.171. The summed E-state index contributed by atoms with van der Waals surface area (Å²) in [6.45, 7) is 1.14. The molecule has 2 aromatic carbocycles. The molecule has 2 N–H and O–H groups in total. The number of esters is 1. The lowest BCUT2D eigenvalue weighted by Crippen LogP contribution is -2.40. The van der Waals surface area contributed by atoms with Gasteiger partial charge in [0.2, 0.25) is 0 Å². The molecule has 10 heteroatoms. The van der Waals surface area contributed by atoms with Crippen molar-refractivity contribution in [2.75, 3.05) is 6.61 Å². The predicted molar refractivity (Wildman–Crippen MR) is 108 cm³/mol. The van der Waals surface area contributed by atoms with E-state index in [1.807, 2.05) is 60.7 Å². The Balaban J connectivity index is 1.75. The standard InChI is InChI=1S/C21H25O9P/c1-15(22)29-20-19(26-12-16-8-4-2-5-9-16)18(14-28-31(23,24)25)30-21(20)27-13-17-10-6-3-7-11-17/h2-11,18-21H,12-14H2,1H3,(H2,23,24,25)/t18-,19-,20-,21+/m1/s1. The van der Waals surface area contributed by atoms with Gasteiger partial charge in [-0.3, -0.25) is 9.32 Å². The van der Waals surface area contributed by atoms with Gasteiger partial charge in [0.05, 0.1) is 19.8 Å². The summed E-state index contributed by atoms with van der Waals surface area (Å²) in [5.74, 6) is -0.563. The first-order chi connectivity index (χ1) is 14.8. The molecule has 9 nitrogen and oxygen atoms in total. The summed E-state index contributed by atoms with van der Waals surface area (Å²) in [7, 11) is -4.74. The molecule has 0 bridgehead atoms. The van der Waals surface area contributed by atoms with Gasteiger partial charge in [-0.15, -0.1) is 0 Å². The van der Waals surface area contributed by atoms with Crippen LogP contribution in [0.5, 0.6) is 0 Å². The highest BCUT2D eigenvalue weighted by Crippen LogP contribution is 2.38. The molecule has 0 radical (unpaired) electrons. The molecule has 0 unspecified atom stereocenters. The van der Waals surface area contributed by atoms with Crippen LogP contribution in [0.4, 0.5) is 0 Å². The largest absolute Gasteiger partial charge is 0.469 e. The molecular formula is C21H25O9P. The van der Waals surface area contributed by atoms with Gasteiger partial charge in [-0.1, -0.05) is 60.7 Å². The number of rotatable bonds is 10. The molecule has 1 heterocycles. The fraction of sp³-hybridized carbons (Fsp3) is 0.381. The molecule has 0 amide bonds. The van der Waals surface area contributed by atoms with E-state index in [-0.39, 0.29) is 13.2 Å². The van der Waals surface area contributed by atoms with Gasteiger partial charge in [0.15, 0.2) is 12.4 Å². The summed E-state index contributed by atoms with van der Waals surface area (Å²) in [6.07, 6.45) is -3.75. The Kier molecular flexibility index (Phi) is 8.34. The second kappa shape index (κ2) is 11.0. The van der Waals surface area contributed by atoms with E-state index in [1.165, 1.54) is 6.92 Å². The Labute approximate surface area is 180 Å². The van der Waals surface area contributed by atoms with E-state index in [0.717, 1.165) is 11.1 Å². The lowest BCUT2D eigenvalue weighted by Gasteiger charge is -2.24. The minimum Gasteiger partial charge on any atom is -0.454 e. The van der Waals surface area contributed by atoms with E-state index in [1.54, 1.807) is 0 Å². The zero-order valence-corrected chi connectivity index (χ0v) is 17.8. The van der Waals surface area contributed by atoms with E-state index in [4.69, 9.17) is 28.7 Å². The number of ether oxygens (including phenoxy) is 4. The first-order valence-electron chi connectivity index (χ1n) is 9.65. The van der Waals surface area contributed by atoms with Crippen molar-refractivity contribution in [2.24, 2.45) is 0 Å². The summed E-state index contributed by atoms with van der Waals surface area (Å²) in [6, 6.07) is 18.6. The molecule has 168 valence electrons. The molecule has 0 spiro atoms. The Hall–Kier alpha value is -2.10. The summed E-state index contributed by atoms with van der Waals surface area (Å²) in [4.78, 5) is 29.9. The van der Waals surface area contributed by atoms with Gasteiger partial charge in [-0.05, 0) is 11.1 Å². The van der Waals surface area contributed by atoms with Crippen molar-refractivity contribution in [3.8, 4) is 0 Å². The normalized spacial score (nSPS) is 23.6. The van der Waals surface area contributed by atoms with Crippen molar-refractivity contribution in [2.45, 2.75) is 44.7 Å². The minimum atomic E-state index is -4.74. The molecular weight excluding hydrogens is 427 g/mol. The molecule has 2 aromatic rings. The van der Waals surface area contributed by atoms with Gasteiger partial charge in [-0.2, -0.15) is 0 Å². The molecule has 1 aliphatic rings. The van der Waals surface area contributed by atoms with Crippen molar-refractivity contribution in [1.82, 2.24) is 0 Å². The van der Waals surface area contributed by atoms with Crippen LogP contribution < -0.4 is 0 Å². The number of phosphoric acid groups is 1. The van der Waals surface area contributed by atoms with E-state index >= 15 is 0 Å². The molecule has 1 aliphatic heterocycles. The average Bonchev–Trinajstić information content (AvgIpc) is 3.06. The highest BCUT2D eigenvalue weighted by atomic mass is 31.2. The van der Waals surface area contributed by atoms with Crippen LogP contribution >= 0.6 is 7.82 Å². The lowest BCUT2D eigenvalue weighted by molar-refractivity contribution is -0.192. The van der Waals surface area contributed by atoms with E-state index in [2.05, 4.69) is 4.52 Å². The molecule has 0 saturated carbocycles. The second-order valence-corrected chi connectivity index (χ2v) is 8.20. The van der Waals surface area contributed by atoms with Crippen molar-refractivity contribution in [1.29, 1.82) is 0 Å². The molecule has 1 fully saturated rings. The Morgan fingerprint density at radius 3 is 2.00 bits per heavy atom. The third kappa shape index (κ3) is 7.52. The SMILES string of the molecule is CC(=O)O[C@H]1[C@@H](OCc2ccccc2)O[C@H](COP(=O)(O)O)[C@H]1OCc1ccccc1. The molecule has 3 rings (SSSR count). The van der Waals surface area contributed by atoms with Gasteiger partial charge >= 0.3 is 13.8 Å². The van der Waals surface area contributed by atoms with Gasteiger partial charge in [0, 0.05) is 6.92 Å². The van der Waals surface area contributed by atoms with Gasteiger partial charge < -0.3 is 28.7 Å². The van der Waals surface area contributed by atoms with Crippen LogP contribution in [0, 0.1) is 0 Å². The molecule has 4 atom stereocenters. The summed E-state index contributed by atoms with van der Waals surface area (Å²) in [5.41, 5.74) is 1.75. The van der Waals surface area contributed by atoms with Crippen LogP contribution in [0.2, 0.25) is 0 Å². The first-order valence-corrected chi connectivity index (χ1v) is 11.2. The number of hydrogen-bond acceptors (Lipinski definition) is 7. The zero-order chi connectivity index (χ0) is 22.3.